The Morgan fingerprint density at radius 2 is 1.71 bits per heavy atom. The highest BCUT2D eigenvalue weighted by molar-refractivity contribution is 6.33. The van der Waals surface area contributed by atoms with Gasteiger partial charge in [0.2, 0.25) is 0 Å². The molecule has 0 saturated carbocycles. The van der Waals surface area contributed by atoms with E-state index in [1.807, 2.05) is 54.6 Å². The van der Waals surface area contributed by atoms with Crippen molar-refractivity contribution in [1.82, 2.24) is 19.8 Å². The van der Waals surface area contributed by atoms with Gasteiger partial charge in [0.15, 0.2) is 0 Å². The van der Waals surface area contributed by atoms with E-state index in [2.05, 4.69) is 32.1 Å². The number of amides is 1. The van der Waals surface area contributed by atoms with E-state index in [0.29, 0.717) is 22.0 Å². The number of piperazine rings is 1. The van der Waals surface area contributed by atoms with Crippen LogP contribution in [0.1, 0.15) is 15.9 Å². The molecule has 1 saturated heterocycles. The van der Waals surface area contributed by atoms with E-state index < -0.39 is 0 Å². The SMILES string of the molecule is CN1CCN(Cc2ccc(C(=O)Nc3ccc(Cl)c(-c4cnc5ccccc5n4)c3)cc2)CC1. The second kappa shape index (κ2) is 9.89. The summed E-state index contributed by atoms with van der Waals surface area (Å²) in [6.45, 7) is 5.23. The lowest BCUT2D eigenvalue weighted by atomic mass is 10.1. The normalized spacial score (nSPS) is 14.9. The summed E-state index contributed by atoms with van der Waals surface area (Å²) in [7, 11) is 2.16. The van der Waals surface area contributed by atoms with Crippen LogP contribution in [-0.2, 0) is 6.54 Å². The summed E-state index contributed by atoms with van der Waals surface area (Å²) in [5.74, 6) is -0.163. The van der Waals surface area contributed by atoms with Crippen LogP contribution in [0.25, 0.3) is 22.3 Å². The first kappa shape index (κ1) is 22.5. The Morgan fingerprint density at radius 1 is 0.971 bits per heavy atom. The van der Waals surface area contributed by atoms with Gasteiger partial charge in [-0.2, -0.15) is 0 Å². The van der Waals surface area contributed by atoms with E-state index in [0.717, 1.165) is 49.3 Å². The second-order valence-corrected chi connectivity index (χ2v) is 9.08. The van der Waals surface area contributed by atoms with Crippen LogP contribution in [-0.4, -0.2) is 58.9 Å². The number of carbonyl (C=O) groups is 1. The highest BCUT2D eigenvalue weighted by atomic mass is 35.5. The van der Waals surface area contributed by atoms with E-state index in [-0.39, 0.29) is 5.91 Å². The van der Waals surface area contributed by atoms with Crippen molar-refractivity contribution in [2.24, 2.45) is 0 Å². The monoisotopic (exact) mass is 471 g/mol. The largest absolute Gasteiger partial charge is 0.322 e. The smallest absolute Gasteiger partial charge is 0.255 e. The number of fused-ring (bicyclic) bond motifs is 1. The fourth-order valence-electron chi connectivity index (χ4n) is 4.12. The number of hydrogen-bond acceptors (Lipinski definition) is 5. The van der Waals surface area contributed by atoms with Gasteiger partial charge in [-0.3, -0.25) is 14.7 Å². The number of para-hydroxylation sites is 2. The zero-order chi connectivity index (χ0) is 23.5. The third-order valence-corrected chi connectivity index (χ3v) is 6.50. The van der Waals surface area contributed by atoms with Crippen molar-refractivity contribution in [3.05, 3.63) is 89.1 Å². The molecule has 0 unspecified atom stereocenters. The third kappa shape index (κ3) is 5.09. The van der Waals surface area contributed by atoms with Crippen LogP contribution < -0.4 is 5.32 Å². The molecule has 0 spiro atoms. The lowest BCUT2D eigenvalue weighted by Gasteiger charge is -2.32. The Kier molecular flexibility index (Phi) is 6.54. The minimum atomic E-state index is -0.163. The van der Waals surface area contributed by atoms with Gasteiger partial charge in [0.25, 0.3) is 5.91 Å². The quantitative estimate of drug-likeness (QED) is 0.446. The maximum absolute atomic E-state index is 12.9. The summed E-state index contributed by atoms with van der Waals surface area (Å²) >= 11 is 6.45. The molecule has 2 heterocycles. The number of hydrogen-bond donors (Lipinski definition) is 1. The van der Waals surface area contributed by atoms with Gasteiger partial charge >= 0.3 is 0 Å². The fourth-order valence-corrected chi connectivity index (χ4v) is 4.33. The zero-order valence-corrected chi connectivity index (χ0v) is 19.8. The van der Waals surface area contributed by atoms with Crippen molar-refractivity contribution >= 4 is 34.2 Å². The molecule has 1 fully saturated rings. The lowest BCUT2D eigenvalue weighted by Crippen LogP contribution is -2.43. The van der Waals surface area contributed by atoms with Crippen LogP contribution >= 0.6 is 11.6 Å². The number of likely N-dealkylation sites (N-methyl/N-ethyl adjacent to an activating group) is 1. The van der Waals surface area contributed by atoms with Crippen LogP contribution in [0.2, 0.25) is 5.02 Å². The van der Waals surface area contributed by atoms with E-state index in [1.165, 1.54) is 5.56 Å². The fraction of sp³-hybridized carbons (Fsp3) is 0.222. The summed E-state index contributed by atoms with van der Waals surface area (Å²) in [6, 6.07) is 20.9. The van der Waals surface area contributed by atoms with Crippen molar-refractivity contribution in [3.63, 3.8) is 0 Å². The molecule has 172 valence electrons. The first-order valence-corrected chi connectivity index (χ1v) is 11.8. The van der Waals surface area contributed by atoms with E-state index in [1.54, 1.807) is 18.3 Å². The van der Waals surface area contributed by atoms with Gasteiger partial charge in [0.1, 0.15) is 0 Å². The summed E-state index contributed by atoms with van der Waals surface area (Å²) in [4.78, 5) is 26.8. The molecule has 34 heavy (non-hydrogen) atoms. The molecule has 1 N–H and O–H groups in total. The van der Waals surface area contributed by atoms with Crippen LogP contribution in [0.15, 0.2) is 72.9 Å². The summed E-state index contributed by atoms with van der Waals surface area (Å²) in [5.41, 5.74) is 5.48. The van der Waals surface area contributed by atoms with Crippen LogP contribution in [0.4, 0.5) is 5.69 Å². The van der Waals surface area contributed by atoms with Crippen LogP contribution in [0.3, 0.4) is 0 Å². The van der Waals surface area contributed by atoms with Crippen molar-refractivity contribution in [1.29, 1.82) is 0 Å². The topological polar surface area (TPSA) is 61.4 Å². The predicted molar refractivity (Wildman–Crippen MR) is 137 cm³/mol. The molecule has 0 radical (unpaired) electrons. The lowest BCUT2D eigenvalue weighted by molar-refractivity contribution is 0.102. The molecule has 0 atom stereocenters. The number of rotatable bonds is 5. The molecular formula is C27H26ClN5O. The number of nitrogens with one attached hydrogen (secondary N) is 1. The Balaban J connectivity index is 1.29. The molecule has 1 aliphatic heterocycles. The maximum Gasteiger partial charge on any atom is 0.255 e. The number of carbonyl (C=O) groups excluding carboxylic acids is 1. The molecule has 0 aliphatic carbocycles. The molecule has 7 heteroatoms. The molecule has 3 aromatic carbocycles. The van der Waals surface area contributed by atoms with Gasteiger partial charge < -0.3 is 10.2 Å². The van der Waals surface area contributed by atoms with E-state index >= 15 is 0 Å². The molecule has 1 aliphatic rings. The van der Waals surface area contributed by atoms with Crippen LogP contribution in [0.5, 0.6) is 0 Å². The number of halogens is 1. The van der Waals surface area contributed by atoms with Gasteiger partial charge in [-0.1, -0.05) is 35.9 Å². The van der Waals surface area contributed by atoms with Crippen molar-refractivity contribution in [2.75, 3.05) is 38.5 Å². The molecule has 5 rings (SSSR count). The van der Waals surface area contributed by atoms with Crippen molar-refractivity contribution < 1.29 is 4.79 Å². The summed E-state index contributed by atoms with van der Waals surface area (Å²) in [6.07, 6.45) is 1.70. The molecular weight excluding hydrogens is 446 g/mol. The highest BCUT2D eigenvalue weighted by Gasteiger charge is 2.15. The van der Waals surface area contributed by atoms with E-state index in [9.17, 15) is 4.79 Å². The van der Waals surface area contributed by atoms with Crippen molar-refractivity contribution in [2.45, 2.75) is 6.54 Å². The summed E-state index contributed by atoms with van der Waals surface area (Å²) in [5, 5.41) is 3.53. The molecule has 6 nitrogen and oxygen atoms in total. The van der Waals surface area contributed by atoms with Gasteiger partial charge in [0.05, 0.1) is 27.9 Å². The standard InChI is InChI=1S/C27H26ClN5O/c1-32-12-14-33(15-13-32)18-19-6-8-20(9-7-19)27(34)30-21-10-11-23(28)22(16-21)26-17-29-24-4-2-3-5-25(24)31-26/h2-11,16-17H,12-15,18H2,1H3,(H,30,34). The molecule has 0 bridgehead atoms. The van der Waals surface area contributed by atoms with Crippen LogP contribution in [0, 0.1) is 0 Å². The Labute approximate surface area is 204 Å². The summed E-state index contributed by atoms with van der Waals surface area (Å²) < 4.78 is 0. The van der Waals surface area contributed by atoms with Gasteiger partial charge in [-0.25, -0.2) is 4.98 Å². The van der Waals surface area contributed by atoms with E-state index in [4.69, 9.17) is 11.6 Å². The zero-order valence-electron chi connectivity index (χ0n) is 19.0. The second-order valence-electron chi connectivity index (χ2n) is 8.67. The minimum Gasteiger partial charge on any atom is -0.322 e. The number of anilines is 1. The molecule has 4 aromatic rings. The first-order valence-electron chi connectivity index (χ1n) is 11.4. The molecule has 1 aromatic heterocycles. The maximum atomic E-state index is 12.9. The number of benzene rings is 3. The Morgan fingerprint density at radius 3 is 2.47 bits per heavy atom. The average molecular weight is 472 g/mol. The number of aromatic nitrogens is 2. The Hall–Kier alpha value is -3.32. The van der Waals surface area contributed by atoms with Gasteiger partial charge in [-0.15, -0.1) is 0 Å². The Bertz CT molecular complexity index is 1320. The average Bonchev–Trinajstić information content (AvgIpc) is 2.87. The third-order valence-electron chi connectivity index (χ3n) is 6.17. The van der Waals surface area contributed by atoms with Crippen molar-refractivity contribution in [3.8, 4) is 11.3 Å². The first-order chi connectivity index (χ1) is 16.5. The minimum absolute atomic E-state index is 0.163. The number of nitrogens with zero attached hydrogens (tertiary/aromatic N) is 4. The molecule has 1 amide bonds. The van der Waals surface area contributed by atoms with Gasteiger partial charge in [0, 0.05) is 49.5 Å². The highest BCUT2D eigenvalue weighted by Crippen LogP contribution is 2.30. The predicted octanol–water partition coefficient (Wildman–Crippen LogP) is 4.95. The van der Waals surface area contributed by atoms with Gasteiger partial charge in [-0.05, 0) is 55.1 Å².